The Hall–Kier alpha value is -2.55. The minimum Gasteiger partial charge on any atom is -0.304 e. The predicted octanol–water partition coefficient (Wildman–Crippen LogP) is 7.12. The van der Waals surface area contributed by atoms with E-state index in [1.807, 2.05) is 0 Å². The third-order valence-electron chi connectivity index (χ3n) is 4.38. The van der Waals surface area contributed by atoms with Crippen LogP contribution in [0.25, 0.3) is 27.5 Å². The number of hydrogen-bond donors (Lipinski definition) is 0. The van der Waals surface area contributed by atoms with Crippen molar-refractivity contribution in [1.82, 2.24) is 4.57 Å². The van der Waals surface area contributed by atoms with Crippen molar-refractivity contribution >= 4 is 37.7 Å². The number of halogens is 8. The van der Waals surface area contributed by atoms with Crippen LogP contribution >= 0.6 is 15.9 Å². The molecule has 9 heteroatoms. The summed E-state index contributed by atoms with van der Waals surface area (Å²) in [7, 11) is 0. The summed E-state index contributed by atoms with van der Waals surface area (Å²) in [4.78, 5) is 0. The Labute approximate surface area is 161 Å². The average molecular weight is 462 g/mol. The first kappa shape index (κ1) is 18.8. The Morgan fingerprint density at radius 1 is 0.714 bits per heavy atom. The van der Waals surface area contributed by atoms with Gasteiger partial charge in [0.05, 0.1) is 11.0 Å². The van der Waals surface area contributed by atoms with E-state index in [0.29, 0.717) is 15.2 Å². The van der Waals surface area contributed by atoms with Crippen molar-refractivity contribution < 1.29 is 30.7 Å². The zero-order valence-electron chi connectivity index (χ0n) is 13.5. The fraction of sp³-hybridized carbons (Fsp3) is 0.0526. The maximum atomic E-state index is 14.6. The minimum absolute atomic E-state index is 0.167. The molecule has 1 aromatic heterocycles. The monoisotopic (exact) mass is 461 g/mol. The lowest BCUT2D eigenvalue weighted by Gasteiger charge is -2.16. The summed E-state index contributed by atoms with van der Waals surface area (Å²) in [5, 5.41) is 0.989. The van der Waals surface area contributed by atoms with Gasteiger partial charge in [-0.1, -0.05) is 34.1 Å². The second-order valence-corrected chi connectivity index (χ2v) is 6.91. The van der Waals surface area contributed by atoms with Crippen molar-refractivity contribution in [2.45, 2.75) is 6.18 Å². The van der Waals surface area contributed by atoms with E-state index in [2.05, 4.69) is 15.9 Å². The minimum atomic E-state index is -5.60. The molecule has 0 N–H and O–H groups in total. The number of fused-ring (bicyclic) bond motifs is 3. The van der Waals surface area contributed by atoms with Crippen LogP contribution in [-0.2, 0) is 6.18 Å². The van der Waals surface area contributed by atoms with Gasteiger partial charge in [-0.2, -0.15) is 13.2 Å². The fourth-order valence-corrected chi connectivity index (χ4v) is 3.61. The van der Waals surface area contributed by atoms with Crippen LogP contribution in [0.15, 0.2) is 46.9 Å². The molecule has 0 bridgehead atoms. The van der Waals surface area contributed by atoms with Crippen LogP contribution in [0.4, 0.5) is 30.7 Å². The first-order chi connectivity index (χ1) is 13.1. The van der Waals surface area contributed by atoms with Crippen LogP contribution in [0, 0.1) is 23.3 Å². The summed E-state index contributed by atoms with van der Waals surface area (Å²) >= 11 is 3.26. The maximum absolute atomic E-state index is 14.6. The van der Waals surface area contributed by atoms with Crippen LogP contribution < -0.4 is 0 Å². The maximum Gasteiger partial charge on any atom is 0.422 e. The molecule has 0 aliphatic rings. The number of nitrogens with zero attached hydrogens (tertiary/aromatic N) is 1. The zero-order valence-corrected chi connectivity index (χ0v) is 15.1. The number of hydrogen-bond acceptors (Lipinski definition) is 0. The highest BCUT2D eigenvalue weighted by Crippen LogP contribution is 2.40. The predicted molar refractivity (Wildman–Crippen MR) is 93.3 cm³/mol. The third-order valence-corrected chi connectivity index (χ3v) is 4.88. The van der Waals surface area contributed by atoms with Crippen LogP contribution in [0.5, 0.6) is 0 Å². The van der Waals surface area contributed by atoms with Crippen molar-refractivity contribution in [1.29, 1.82) is 0 Å². The molecule has 3 aromatic carbocycles. The summed E-state index contributed by atoms with van der Waals surface area (Å²) in [6.07, 6.45) is -5.60. The molecule has 0 spiro atoms. The molecule has 28 heavy (non-hydrogen) atoms. The summed E-state index contributed by atoms with van der Waals surface area (Å²) in [6, 6.07) is 10.8. The summed E-state index contributed by atoms with van der Waals surface area (Å²) in [6.45, 7) is 0. The molecule has 0 aliphatic carbocycles. The average Bonchev–Trinajstić information content (AvgIpc) is 2.93. The molecule has 0 radical (unpaired) electrons. The molecule has 1 heterocycles. The van der Waals surface area contributed by atoms with E-state index >= 15 is 0 Å². The zero-order chi connectivity index (χ0) is 20.4. The van der Waals surface area contributed by atoms with E-state index in [9.17, 15) is 30.7 Å². The SMILES string of the molecule is Fc1c(F)c(C(F)(F)F)c(F)c(F)c1-n1c2ccccc2c2cc(Br)ccc21. The van der Waals surface area contributed by atoms with Crippen molar-refractivity contribution in [3.05, 3.63) is 75.8 Å². The largest absolute Gasteiger partial charge is 0.422 e. The number of alkyl halides is 3. The van der Waals surface area contributed by atoms with Gasteiger partial charge < -0.3 is 4.57 Å². The summed E-state index contributed by atoms with van der Waals surface area (Å²) in [5.41, 5.74) is -3.51. The number of benzene rings is 3. The second-order valence-electron chi connectivity index (χ2n) is 5.99. The Kier molecular flexibility index (Phi) is 4.18. The van der Waals surface area contributed by atoms with Crippen molar-refractivity contribution in [2.24, 2.45) is 0 Å². The van der Waals surface area contributed by atoms with Gasteiger partial charge in [0.2, 0.25) is 0 Å². The van der Waals surface area contributed by atoms with E-state index in [4.69, 9.17) is 0 Å². The molecule has 1 nitrogen and oxygen atoms in total. The second kappa shape index (κ2) is 6.23. The van der Waals surface area contributed by atoms with Gasteiger partial charge in [-0.25, -0.2) is 17.6 Å². The highest BCUT2D eigenvalue weighted by molar-refractivity contribution is 9.10. The molecule has 0 saturated heterocycles. The highest BCUT2D eigenvalue weighted by Gasteiger charge is 2.42. The van der Waals surface area contributed by atoms with Gasteiger partial charge in [0.25, 0.3) is 0 Å². The molecule has 0 aliphatic heterocycles. The Bertz CT molecular complexity index is 1230. The number of aromatic nitrogens is 1. The third kappa shape index (κ3) is 2.60. The van der Waals surface area contributed by atoms with Crippen molar-refractivity contribution in [2.75, 3.05) is 0 Å². The quantitative estimate of drug-likeness (QED) is 0.210. The van der Waals surface area contributed by atoms with Crippen molar-refractivity contribution in [3.63, 3.8) is 0 Å². The first-order valence-electron chi connectivity index (χ1n) is 7.75. The van der Waals surface area contributed by atoms with Gasteiger partial charge in [-0.3, -0.25) is 0 Å². The van der Waals surface area contributed by atoms with E-state index in [-0.39, 0.29) is 11.0 Å². The molecule has 0 amide bonds. The molecule has 0 fully saturated rings. The van der Waals surface area contributed by atoms with Crippen LogP contribution in [0.1, 0.15) is 5.56 Å². The number of para-hydroxylation sites is 1. The molecule has 4 aromatic rings. The lowest BCUT2D eigenvalue weighted by atomic mass is 10.1. The highest BCUT2D eigenvalue weighted by atomic mass is 79.9. The standard InChI is InChI=1S/C19H7BrF7N/c20-8-5-6-12-10(7-8)9-3-1-2-4-11(9)28(12)18-16(23)14(21)13(19(25,26)27)15(22)17(18)24/h1-7H. The molecule has 0 unspecified atom stereocenters. The molecular formula is C19H7BrF7N. The summed E-state index contributed by atoms with van der Waals surface area (Å²) in [5.74, 6) is -9.25. The summed E-state index contributed by atoms with van der Waals surface area (Å²) < 4.78 is 97.6. The molecule has 144 valence electrons. The van der Waals surface area contributed by atoms with Gasteiger partial charge in [0.15, 0.2) is 23.3 Å². The Balaban J connectivity index is 2.21. The first-order valence-corrected chi connectivity index (χ1v) is 8.54. The van der Waals surface area contributed by atoms with E-state index < -0.39 is 40.7 Å². The van der Waals surface area contributed by atoms with Gasteiger partial charge >= 0.3 is 6.18 Å². The molecule has 0 saturated carbocycles. The molecule has 4 rings (SSSR count). The van der Waals surface area contributed by atoms with Gasteiger partial charge in [0, 0.05) is 15.2 Å². The Morgan fingerprint density at radius 2 is 1.29 bits per heavy atom. The molecular weight excluding hydrogens is 455 g/mol. The normalized spacial score (nSPS) is 12.3. The smallest absolute Gasteiger partial charge is 0.304 e. The number of rotatable bonds is 1. The van der Waals surface area contributed by atoms with Crippen LogP contribution in [0.2, 0.25) is 0 Å². The topological polar surface area (TPSA) is 4.93 Å². The Morgan fingerprint density at radius 3 is 1.89 bits per heavy atom. The van der Waals surface area contributed by atoms with Gasteiger partial charge in [-0.05, 0) is 24.3 Å². The van der Waals surface area contributed by atoms with Crippen LogP contribution in [0.3, 0.4) is 0 Å². The lowest BCUT2D eigenvalue weighted by Crippen LogP contribution is -2.17. The van der Waals surface area contributed by atoms with Gasteiger partial charge in [-0.15, -0.1) is 0 Å². The van der Waals surface area contributed by atoms with Crippen LogP contribution in [-0.4, -0.2) is 4.57 Å². The van der Waals surface area contributed by atoms with Crippen molar-refractivity contribution in [3.8, 4) is 5.69 Å². The fourth-order valence-electron chi connectivity index (χ4n) is 3.25. The van der Waals surface area contributed by atoms with E-state index in [1.54, 1.807) is 18.2 Å². The van der Waals surface area contributed by atoms with E-state index in [1.165, 1.54) is 24.3 Å². The lowest BCUT2D eigenvalue weighted by molar-refractivity contribution is -0.143. The molecule has 0 atom stereocenters. The van der Waals surface area contributed by atoms with E-state index in [0.717, 1.165) is 4.57 Å². The van der Waals surface area contributed by atoms with Gasteiger partial charge in [0.1, 0.15) is 11.3 Å².